The van der Waals surface area contributed by atoms with Crippen LogP contribution in [0.25, 0.3) is 32.6 Å². The minimum atomic E-state index is -1.26. The van der Waals surface area contributed by atoms with E-state index in [4.69, 9.17) is 19.2 Å². The minimum Gasteiger partial charge on any atom is -0.361 e. The van der Waals surface area contributed by atoms with E-state index in [0.717, 1.165) is 59.9 Å². The van der Waals surface area contributed by atoms with E-state index in [9.17, 15) is 9.18 Å². The van der Waals surface area contributed by atoms with E-state index in [0.29, 0.717) is 42.5 Å². The topological polar surface area (TPSA) is 70.8 Å². The number of rotatable bonds is 8. The van der Waals surface area contributed by atoms with Crippen molar-refractivity contribution in [3.05, 3.63) is 82.5 Å². The lowest BCUT2D eigenvalue weighted by molar-refractivity contribution is -0.169. The van der Waals surface area contributed by atoms with Crippen LogP contribution in [0.5, 0.6) is 0 Å². The third-order valence-electron chi connectivity index (χ3n) is 8.91. The van der Waals surface area contributed by atoms with E-state index < -0.39 is 13.9 Å². The molecular weight excluding hydrogens is 575 g/mol. The molecule has 7 rings (SSSR count). The molecule has 2 aliphatic rings. The van der Waals surface area contributed by atoms with Crippen LogP contribution in [0, 0.1) is 5.82 Å². The smallest absolute Gasteiger partial charge is 0.261 e. The van der Waals surface area contributed by atoms with Crippen molar-refractivity contribution in [1.29, 1.82) is 0 Å². The Morgan fingerprint density at radius 1 is 0.977 bits per heavy atom. The number of pyridine rings is 1. The lowest BCUT2D eigenvalue weighted by Crippen LogP contribution is -2.46. The summed E-state index contributed by atoms with van der Waals surface area (Å²) in [6.07, 6.45) is 3.27. The molecule has 44 heavy (non-hydrogen) atoms. The number of aromatic nitrogens is 3. The first-order valence-electron chi connectivity index (χ1n) is 15.5. The van der Waals surface area contributed by atoms with Gasteiger partial charge < -0.3 is 23.7 Å². The van der Waals surface area contributed by atoms with Crippen LogP contribution in [0.15, 0.2) is 65.6 Å². The van der Waals surface area contributed by atoms with Gasteiger partial charge in [-0.2, -0.15) is 0 Å². The SMILES string of the molecule is C[Si](C)(C)CCOCn1ccc2c3nc(N4CCC5(CC4)OCCO5)n(Cc4ccccc4)c3c3ccc(F)cc3c2c1=O. The standard InChI is InChI=1S/C34H39FN4O4Si/c1-44(2,3)20-19-41-23-38-14-11-27-29(32(38)40)28-21-25(35)9-10-26(28)31-30(27)36-33(39(31)22-24-7-5-4-6-8-24)37-15-12-34(13-16-37)42-17-18-43-34/h4-11,14,21H,12-13,15-20,22-23H2,1-3H3. The molecule has 2 fully saturated rings. The number of fused-ring (bicyclic) bond motifs is 6. The fourth-order valence-electron chi connectivity index (χ4n) is 6.50. The zero-order valence-corrected chi connectivity index (χ0v) is 26.6. The molecule has 5 aromatic rings. The van der Waals surface area contributed by atoms with Gasteiger partial charge in [0.2, 0.25) is 5.95 Å². The van der Waals surface area contributed by atoms with Crippen LogP contribution in [0.2, 0.25) is 25.7 Å². The first-order chi connectivity index (χ1) is 21.2. The predicted molar refractivity (Wildman–Crippen MR) is 175 cm³/mol. The van der Waals surface area contributed by atoms with E-state index in [-0.39, 0.29) is 18.1 Å². The van der Waals surface area contributed by atoms with Gasteiger partial charge in [0, 0.05) is 63.0 Å². The van der Waals surface area contributed by atoms with Crippen LogP contribution in [0.1, 0.15) is 18.4 Å². The second kappa shape index (κ2) is 11.4. The summed E-state index contributed by atoms with van der Waals surface area (Å²) in [6, 6.07) is 18.0. The Hall–Kier alpha value is -3.57. The summed E-state index contributed by atoms with van der Waals surface area (Å²) in [5, 5.41) is 2.56. The quantitative estimate of drug-likeness (QED) is 0.115. The maximum absolute atomic E-state index is 14.9. The number of hydrogen-bond donors (Lipinski definition) is 0. The van der Waals surface area contributed by atoms with Crippen LogP contribution in [-0.2, 0) is 27.5 Å². The van der Waals surface area contributed by atoms with E-state index in [1.165, 1.54) is 12.1 Å². The third kappa shape index (κ3) is 5.44. The summed E-state index contributed by atoms with van der Waals surface area (Å²) in [6.45, 7) is 11.0. The molecular formula is C34H39FN4O4Si. The zero-order chi connectivity index (χ0) is 30.5. The number of nitrogens with zero attached hydrogens (tertiary/aromatic N) is 4. The Balaban J connectivity index is 1.39. The lowest BCUT2D eigenvalue weighted by atomic mass is 10.0. The molecule has 0 unspecified atom stereocenters. The van der Waals surface area contributed by atoms with Gasteiger partial charge in [-0.1, -0.05) is 50.0 Å². The normalized spacial score (nSPS) is 17.0. The Labute approximate surface area is 257 Å². The Kier molecular flexibility index (Phi) is 7.56. The van der Waals surface area contributed by atoms with Crippen molar-refractivity contribution >= 4 is 46.6 Å². The molecule has 0 aliphatic carbocycles. The highest BCUT2D eigenvalue weighted by molar-refractivity contribution is 6.76. The fraction of sp³-hybridized carbons (Fsp3) is 0.412. The molecule has 2 aliphatic heterocycles. The molecule has 0 N–H and O–H groups in total. The van der Waals surface area contributed by atoms with Crippen molar-refractivity contribution in [1.82, 2.24) is 14.1 Å². The molecule has 0 atom stereocenters. The summed E-state index contributed by atoms with van der Waals surface area (Å²) < 4.78 is 36.6. The van der Waals surface area contributed by atoms with Crippen molar-refractivity contribution in [2.45, 2.75) is 57.6 Å². The predicted octanol–water partition coefficient (Wildman–Crippen LogP) is 6.35. The first kappa shape index (κ1) is 29.2. The van der Waals surface area contributed by atoms with Gasteiger partial charge in [0.05, 0.1) is 36.2 Å². The van der Waals surface area contributed by atoms with Crippen LogP contribution in [0.3, 0.4) is 0 Å². The Morgan fingerprint density at radius 3 is 2.45 bits per heavy atom. The van der Waals surface area contributed by atoms with Crippen LogP contribution >= 0.6 is 0 Å². The molecule has 0 amide bonds. The highest BCUT2D eigenvalue weighted by Crippen LogP contribution is 2.39. The number of benzene rings is 3. The molecule has 3 aromatic carbocycles. The summed E-state index contributed by atoms with van der Waals surface area (Å²) in [7, 11) is -1.26. The molecule has 2 saturated heterocycles. The second-order valence-electron chi connectivity index (χ2n) is 13.2. The summed E-state index contributed by atoms with van der Waals surface area (Å²) >= 11 is 0. The van der Waals surface area contributed by atoms with Gasteiger partial charge in [-0.3, -0.25) is 9.36 Å². The number of ether oxygens (including phenoxy) is 3. The number of piperidine rings is 1. The molecule has 2 aromatic heterocycles. The van der Waals surface area contributed by atoms with Gasteiger partial charge in [0.25, 0.3) is 5.56 Å². The fourth-order valence-corrected chi connectivity index (χ4v) is 7.25. The first-order valence-corrected chi connectivity index (χ1v) is 19.2. The van der Waals surface area contributed by atoms with Gasteiger partial charge >= 0.3 is 0 Å². The third-order valence-corrected chi connectivity index (χ3v) is 10.6. The summed E-state index contributed by atoms with van der Waals surface area (Å²) in [5.41, 5.74) is 2.55. The van der Waals surface area contributed by atoms with Crippen molar-refractivity contribution in [2.24, 2.45) is 0 Å². The Bertz CT molecular complexity index is 1880. The van der Waals surface area contributed by atoms with Gasteiger partial charge in [0.15, 0.2) is 5.79 Å². The average Bonchev–Trinajstić information content (AvgIpc) is 3.62. The maximum Gasteiger partial charge on any atom is 0.261 e. The van der Waals surface area contributed by atoms with E-state index in [1.807, 2.05) is 24.3 Å². The molecule has 0 radical (unpaired) electrons. The molecule has 0 bridgehead atoms. The second-order valence-corrected chi connectivity index (χ2v) is 18.8. The average molecular weight is 615 g/mol. The van der Waals surface area contributed by atoms with E-state index in [2.05, 4.69) is 41.2 Å². The van der Waals surface area contributed by atoms with Crippen molar-refractivity contribution < 1.29 is 18.6 Å². The van der Waals surface area contributed by atoms with Gasteiger partial charge in [-0.15, -0.1) is 0 Å². The van der Waals surface area contributed by atoms with Crippen molar-refractivity contribution in [3.8, 4) is 0 Å². The van der Waals surface area contributed by atoms with Gasteiger partial charge in [-0.05, 0) is 35.9 Å². The van der Waals surface area contributed by atoms with E-state index in [1.54, 1.807) is 16.8 Å². The van der Waals surface area contributed by atoms with E-state index >= 15 is 0 Å². The Morgan fingerprint density at radius 2 is 1.73 bits per heavy atom. The van der Waals surface area contributed by atoms with Crippen LogP contribution < -0.4 is 10.5 Å². The highest BCUT2D eigenvalue weighted by atomic mass is 28.3. The number of hydrogen-bond acceptors (Lipinski definition) is 6. The number of imidazole rings is 1. The molecule has 8 nitrogen and oxygen atoms in total. The summed E-state index contributed by atoms with van der Waals surface area (Å²) in [4.78, 5) is 21.6. The zero-order valence-electron chi connectivity index (χ0n) is 25.6. The van der Waals surface area contributed by atoms with Gasteiger partial charge in [-0.25, -0.2) is 9.37 Å². The monoisotopic (exact) mass is 614 g/mol. The highest BCUT2D eigenvalue weighted by Gasteiger charge is 2.41. The lowest BCUT2D eigenvalue weighted by Gasteiger charge is -2.38. The number of anilines is 1. The molecule has 4 heterocycles. The van der Waals surface area contributed by atoms with Crippen LogP contribution in [0.4, 0.5) is 10.3 Å². The largest absolute Gasteiger partial charge is 0.361 e. The number of halogens is 1. The van der Waals surface area contributed by atoms with Crippen LogP contribution in [-0.4, -0.2) is 60.9 Å². The van der Waals surface area contributed by atoms with Crippen molar-refractivity contribution in [2.75, 3.05) is 37.8 Å². The molecule has 10 heteroatoms. The van der Waals surface area contributed by atoms with Crippen molar-refractivity contribution in [3.63, 3.8) is 0 Å². The maximum atomic E-state index is 14.9. The summed E-state index contributed by atoms with van der Waals surface area (Å²) in [5.74, 6) is -0.0633. The molecule has 1 spiro atoms. The minimum absolute atomic E-state index is 0.154. The molecule has 230 valence electrons. The molecule has 0 saturated carbocycles. The van der Waals surface area contributed by atoms with Gasteiger partial charge in [0.1, 0.15) is 12.5 Å².